The normalized spacial score (nSPS) is 10.4. The van der Waals surface area contributed by atoms with Gasteiger partial charge in [0.25, 0.3) is 0 Å². The zero-order chi connectivity index (χ0) is 15.1. The number of benzene rings is 1. The van der Waals surface area contributed by atoms with Crippen LogP contribution in [-0.2, 0) is 11.4 Å². The van der Waals surface area contributed by atoms with E-state index in [1.807, 2.05) is 6.92 Å². The lowest BCUT2D eigenvalue weighted by atomic mass is 10.2. The van der Waals surface area contributed by atoms with E-state index in [1.165, 1.54) is 23.5 Å². The largest absolute Gasteiger partial charge is 0.349 e. The van der Waals surface area contributed by atoms with Gasteiger partial charge in [-0.05, 0) is 24.1 Å². The van der Waals surface area contributed by atoms with Gasteiger partial charge in [0.05, 0.1) is 19.5 Å². The minimum Gasteiger partial charge on any atom is -0.349 e. The van der Waals surface area contributed by atoms with Crippen LogP contribution in [0.1, 0.15) is 18.9 Å². The third-order valence-electron chi connectivity index (χ3n) is 2.65. The van der Waals surface area contributed by atoms with Gasteiger partial charge in [-0.25, -0.2) is 14.2 Å². The van der Waals surface area contributed by atoms with Crippen molar-refractivity contribution in [2.75, 3.05) is 11.9 Å². The predicted octanol–water partition coefficient (Wildman–Crippen LogP) is 2.92. The van der Waals surface area contributed by atoms with E-state index >= 15 is 0 Å². The van der Waals surface area contributed by atoms with Crippen molar-refractivity contribution in [3.05, 3.63) is 48.2 Å². The summed E-state index contributed by atoms with van der Waals surface area (Å²) in [5.74, 6) is 0.0879. The fourth-order valence-corrected chi connectivity index (χ4v) is 1.63. The topological polar surface area (TPSA) is 70.2 Å². The Morgan fingerprint density at radius 1 is 1.43 bits per heavy atom. The van der Waals surface area contributed by atoms with E-state index in [0.29, 0.717) is 12.4 Å². The molecule has 0 fully saturated rings. The van der Waals surface area contributed by atoms with E-state index in [9.17, 15) is 9.18 Å². The molecule has 1 aromatic carbocycles. The first-order valence-electron chi connectivity index (χ1n) is 6.63. The number of amides is 2. The summed E-state index contributed by atoms with van der Waals surface area (Å²) in [5.41, 5.74) is 0.768. The molecule has 0 saturated carbocycles. The molecule has 21 heavy (non-hydrogen) atoms. The second kappa shape index (κ2) is 7.39. The molecule has 0 aliphatic rings. The number of nitrogens with one attached hydrogen (secondary N) is 2. The quantitative estimate of drug-likeness (QED) is 0.804. The highest BCUT2D eigenvalue weighted by molar-refractivity contribution is 5.87. The number of aromatic amines is 1. The van der Waals surface area contributed by atoms with Gasteiger partial charge in [-0.1, -0.05) is 19.1 Å². The summed E-state index contributed by atoms with van der Waals surface area (Å²) in [6.07, 6.45) is 3.80. The number of carbonyl (C=O) groups excluding carboxylic acids is 1. The zero-order valence-corrected chi connectivity index (χ0v) is 11.7. The van der Waals surface area contributed by atoms with Crippen LogP contribution in [0.25, 0.3) is 0 Å². The van der Waals surface area contributed by atoms with Crippen molar-refractivity contribution >= 4 is 11.8 Å². The molecule has 0 bridgehead atoms. The molecule has 2 amide bonds. The number of hydroxylamine groups is 2. The summed E-state index contributed by atoms with van der Waals surface area (Å²) < 4.78 is 12.9. The van der Waals surface area contributed by atoms with Gasteiger partial charge >= 0.3 is 6.03 Å². The van der Waals surface area contributed by atoms with Crippen LogP contribution in [0.15, 0.2) is 36.8 Å². The molecule has 0 radical (unpaired) electrons. The standard InChI is InChI=1S/C14H17FN4O2/c1-2-7-21-19(9-11-3-5-12(15)6-4-11)14(20)18-13-8-16-10-17-13/h3-6,8,10H,2,7,9H2,1H3,(H,16,17)(H,18,20). The second-order valence-corrected chi connectivity index (χ2v) is 4.38. The van der Waals surface area contributed by atoms with Gasteiger partial charge in [0, 0.05) is 6.20 Å². The Balaban J connectivity index is 2.02. The summed E-state index contributed by atoms with van der Waals surface area (Å²) in [4.78, 5) is 24.2. The zero-order valence-electron chi connectivity index (χ0n) is 11.7. The minimum atomic E-state index is -0.431. The molecular formula is C14H17FN4O2. The Morgan fingerprint density at radius 2 is 2.19 bits per heavy atom. The van der Waals surface area contributed by atoms with Crippen molar-refractivity contribution in [3.63, 3.8) is 0 Å². The number of carbonyl (C=O) groups is 1. The van der Waals surface area contributed by atoms with E-state index in [4.69, 9.17) is 4.84 Å². The first kappa shape index (κ1) is 15.0. The molecule has 2 aromatic rings. The minimum absolute atomic E-state index is 0.219. The summed E-state index contributed by atoms with van der Waals surface area (Å²) in [7, 11) is 0. The van der Waals surface area contributed by atoms with E-state index in [-0.39, 0.29) is 12.4 Å². The highest BCUT2D eigenvalue weighted by Crippen LogP contribution is 2.10. The van der Waals surface area contributed by atoms with Crippen LogP contribution in [-0.4, -0.2) is 27.7 Å². The average molecular weight is 292 g/mol. The molecular weight excluding hydrogens is 275 g/mol. The summed E-state index contributed by atoms with van der Waals surface area (Å²) >= 11 is 0. The Labute approximate surface area is 121 Å². The number of imidazole rings is 1. The molecule has 0 aliphatic heterocycles. The molecule has 2 rings (SSSR count). The van der Waals surface area contributed by atoms with Crippen LogP contribution in [0.5, 0.6) is 0 Å². The van der Waals surface area contributed by atoms with Crippen LogP contribution in [0.4, 0.5) is 15.0 Å². The first-order chi connectivity index (χ1) is 10.2. The van der Waals surface area contributed by atoms with Crippen LogP contribution in [0.3, 0.4) is 0 Å². The Kier molecular flexibility index (Phi) is 5.28. The molecule has 0 unspecified atom stereocenters. The molecule has 0 aliphatic carbocycles. The molecule has 2 N–H and O–H groups in total. The van der Waals surface area contributed by atoms with Gasteiger partial charge in [0.15, 0.2) is 5.82 Å². The molecule has 6 nitrogen and oxygen atoms in total. The third-order valence-corrected chi connectivity index (χ3v) is 2.65. The maximum Gasteiger partial charge on any atom is 0.347 e. The van der Waals surface area contributed by atoms with Crippen molar-refractivity contribution in [3.8, 4) is 0 Å². The van der Waals surface area contributed by atoms with E-state index in [1.54, 1.807) is 18.3 Å². The van der Waals surface area contributed by atoms with E-state index < -0.39 is 6.03 Å². The van der Waals surface area contributed by atoms with Gasteiger partial charge in [0.2, 0.25) is 0 Å². The van der Waals surface area contributed by atoms with Crippen molar-refractivity contribution in [2.24, 2.45) is 0 Å². The lowest BCUT2D eigenvalue weighted by Crippen LogP contribution is -2.35. The molecule has 1 heterocycles. The van der Waals surface area contributed by atoms with Crippen LogP contribution >= 0.6 is 0 Å². The molecule has 0 saturated heterocycles. The average Bonchev–Trinajstić information content (AvgIpc) is 2.98. The highest BCUT2D eigenvalue weighted by Gasteiger charge is 2.16. The summed E-state index contributed by atoms with van der Waals surface area (Å²) in [6.45, 7) is 2.58. The van der Waals surface area contributed by atoms with Gasteiger partial charge < -0.3 is 4.98 Å². The van der Waals surface area contributed by atoms with Gasteiger partial charge in [-0.3, -0.25) is 10.2 Å². The first-order valence-corrected chi connectivity index (χ1v) is 6.63. The summed E-state index contributed by atoms with van der Waals surface area (Å²) in [5, 5.41) is 3.81. The Bertz CT molecular complexity index is 557. The van der Waals surface area contributed by atoms with Gasteiger partial charge in [0.1, 0.15) is 5.82 Å². The number of anilines is 1. The molecule has 0 atom stereocenters. The number of rotatable bonds is 6. The fourth-order valence-electron chi connectivity index (χ4n) is 1.63. The number of nitrogens with zero attached hydrogens (tertiary/aromatic N) is 2. The van der Waals surface area contributed by atoms with Crippen LogP contribution in [0, 0.1) is 5.82 Å². The Morgan fingerprint density at radius 3 is 2.81 bits per heavy atom. The highest BCUT2D eigenvalue weighted by atomic mass is 19.1. The van der Waals surface area contributed by atoms with Crippen molar-refractivity contribution in [1.82, 2.24) is 15.0 Å². The number of urea groups is 1. The third kappa shape index (κ3) is 4.57. The smallest absolute Gasteiger partial charge is 0.347 e. The molecule has 112 valence electrons. The van der Waals surface area contributed by atoms with Crippen LogP contribution in [0.2, 0.25) is 0 Å². The number of hydrogen-bond acceptors (Lipinski definition) is 3. The van der Waals surface area contributed by atoms with E-state index in [0.717, 1.165) is 12.0 Å². The van der Waals surface area contributed by atoms with Crippen LogP contribution < -0.4 is 5.32 Å². The van der Waals surface area contributed by atoms with Crippen molar-refractivity contribution < 1.29 is 14.0 Å². The number of halogens is 1. The predicted molar refractivity (Wildman–Crippen MR) is 75.8 cm³/mol. The lowest BCUT2D eigenvalue weighted by molar-refractivity contribution is -0.120. The van der Waals surface area contributed by atoms with E-state index in [2.05, 4.69) is 15.3 Å². The Hall–Kier alpha value is -2.41. The SMILES string of the molecule is CCCON(Cc1ccc(F)cc1)C(=O)Nc1c[nH]cn1. The summed E-state index contributed by atoms with van der Waals surface area (Å²) in [6, 6.07) is 5.48. The number of H-pyrrole nitrogens is 1. The maximum absolute atomic E-state index is 12.9. The molecule has 0 spiro atoms. The fraction of sp³-hybridized carbons (Fsp3) is 0.286. The maximum atomic E-state index is 12.9. The van der Waals surface area contributed by atoms with Gasteiger partial charge in [-0.15, -0.1) is 0 Å². The number of hydrogen-bond donors (Lipinski definition) is 2. The van der Waals surface area contributed by atoms with Crippen molar-refractivity contribution in [2.45, 2.75) is 19.9 Å². The second-order valence-electron chi connectivity index (χ2n) is 4.38. The molecule has 1 aromatic heterocycles. The monoisotopic (exact) mass is 292 g/mol. The molecule has 7 heteroatoms. The lowest BCUT2D eigenvalue weighted by Gasteiger charge is -2.21. The number of aromatic nitrogens is 2. The van der Waals surface area contributed by atoms with Crippen molar-refractivity contribution in [1.29, 1.82) is 0 Å². The van der Waals surface area contributed by atoms with Gasteiger partial charge in [-0.2, -0.15) is 5.06 Å².